The second-order valence-electron chi connectivity index (χ2n) is 5.56. The molecule has 4 heteroatoms. The molecule has 0 bridgehead atoms. The van der Waals surface area contributed by atoms with Crippen molar-refractivity contribution in [2.75, 3.05) is 12.4 Å². The SMILES string of the molecule is COc1ccc(CCc2ccnc(NCc3ccccc3)n2)cc1. The molecule has 0 fully saturated rings. The van der Waals surface area contributed by atoms with Crippen molar-refractivity contribution in [3.63, 3.8) is 0 Å². The number of hydrogen-bond acceptors (Lipinski definition) is 4. The Morgan fingerprint density at radius 1 is 0.875 bits per heavy atom. The number of anilines is 1. The highest BCUT2D eigenvalue weighted by atomic mass is 16.5. The Hall–Kier alpha value is -2.88. The van der Waals surface area contributed by atoms with Crippen molar-refractivity contribution in [1.82, 2.24) is 9.97 Å². The summed E-state index contributed by atoms with van der Waals surface area (Å²) in [6, 6.07) is 20.4. The molecule has 0 aliphatic rings. The average Bonchev–Trinajstić information content (AvgIpc) is 2.66. The zero-order chi connectivity index (χ0) is 16.6. The smallest absolute Gasteiger partial charge is 0.223 e. The van der Waals surface area contributed by atoms with Crippen LogP contribution in [0.5, 0.6) is 5.75 Å². The first kappa shape index (κ1) is 16.0. The van der Waals surface area contributed by atoms with Gasteiger partial charge in [-0.3, -0.25) is 0 Å². The number of nitrogens with zero attached hydrogens (tertiary/aromatic N) is 2. The highest BCUT2D eigenvalue weighted by molar-refractivity contribution is 5.30. The number of ether oxygens (including phenoxy) is 1. The Morgan fingerprint density at radius 2 is 1.67 bits per heavy atom. The third-order valence-electron chi connectivity index (χ3n) is 3.84. The van der Waals surface area contributed by atoms with Gasteiger partial charge in [0.05, 0.1) is 7.11 Å². The van der Waals surface area contributed by atoms with E-state index in [1.807, 2.05) is 42.6 Å². The minimum atomic E-state index is 0.672. The molecular weight excluding hydrogens is 298 g/mol. The van der Waals surface area contributed by atoms with Crippen molar-refractivity contribution in [1.29, 1.82) is 0 Å². The number of benzene rings is 2. The fraction of sp³-hybridized carbons (Fsp3) is 0.200. The van der Waals surface area contributed by atoms with Gasteiger partial charge in [-0.2, -0.15) is 0 Å². The zero-order valence-electron chi connectivity index (χ0n) is 13.8. The third kappa shape index (κ3) is 4.56. The summed E-state index contributed by atoms with van der Waals surface area (Å²) in [6.45, 7) is 0.725. The van der Waals surface area contributed by atoms with Gasteiger partial charge in [0.1, 0.15) is 5.75 Å². The quantitative estimate of drug-likeness (QED) is 0.718. The van der Waals surface area contributed by atoms with Crippen LogP contribution in [-0.2, 0) is 19.4 Å². The lowest BCUT2D eigenvalue weighted by Gasteiger charge is -2.07. The van der Waals surface area contributed by atoms with E-state index in [1.54, 1.807) is 7.11 Å². The van der Waals surface area contributed by atoms with E-state index < -0.39 is 0 Å². The summed E-state index contributed by atoms with van der Waals surface area (Å²) >= 11 is 0. The maximum atomic E-state index is 5.18. The van der Waals surface area contributed by atoms with E-state index in [0.717, 1.165) is 30.8 Å². The standard InChI is InChI=1S/C20H21N3O/c1-24-19-11-8-16(9-12-19)7-10-18-13-14-21-20(23-18)22-15-17-5-3-2-4-6-17/h2-6,8-9,11-14H,7,10,15H2,1H3,(H,21,22,23). The lowest BCUT2D eigenvalue weighted by atomic mass is 10.1. The number of aryl methyl sites for hydroxylation is 2. The highest BCUT2D eigenvalue weighted by Crippen LogP contribution is 2.13. The van der Waals surface area contributed by atoms with Gasteiger partial charge in [-0.25, -0.2) is 9.97 Å². The molecule has 0 saturated carbocycles. The average molecular weight is 319 g/mol. The lowest BCUT2D eigenvalue weighted by molar-refractivity contribution is 0.414. The van der Waals surface area contributed by atoms with Crippen LogP contribution in [0.3, 0.4) is 0 Å². The van der Waals surface area contributed by atoms with E-state index in [9.17, 15) is 0 Å². The molecule has 1 N–H and O–H groups in total. The van der Waals surface area contributed by atoms with Crippen LogP contribution in [0.1, 0.15) is 16.8 Å². The molecule has 0 unspecified atom stereocenters. The van der Waals surface area contributed by atoms with Gasteiger partial charge in [0.15, 0.2) is 0 Å². The van der Waals surface area contributed by atoms with Crippen LogP contribution >= 0.6 is 0 Å². The van der Waals surface area contributed by atoms with Crippen molar-refractivity contribution < 1.29 is 4.74 Å². The molecule has 3 aromatic rings. The lowest BCUT2D eigenvalue weighted by Crippen LogP contribution is -2.05. The first-order chi connectivity index (χ1) is 11.8. The van der Waals surface area contributed by atoms with E-state index in [2.05, 4.69) is 39.6 Å². The molecule has 0 aliphatic carbocycles. The van der Waals surface area contributed by atoms with Gasteiger partial charge >= 0.3 is 0 Å². The van der Waals surface area contributed by atoms with E-state index in [4.69, 9.17) is 4.74 Å². The van der Waals surface area contributed by atoms with Crippen LogP contribution in [-0.4, -0.2) is 17.1 Å². The maximum absolute atomic E-state index is 5.18. The Bertz CT molecular complexity index is 757. The van der Waals surface area contributed by atoms with Gasteiger partial charge in [-0.05, 0) is 42.2 Å². The van der Waals surface area contributed by atoms with Gasteiger partial charge in [-0.1, -0.05) is 42.5 Å². The van der Waals surface area contributed by atoms with Gasteiger partial charge in [0.2, 0.25) is 5.95 Å². The summed E-state index contributed by atoms with van der Waals surface area (Å²) in [5, 5.41) is 3.28. The Kier molecular flexibility index (Phi) is 5.40. The summed E-state index contributed by atoms with van der Waals surface area (Å²) in [4.78, 5) is 8.88. The second kappa shape index (κ2) is 8.11. The van der Waals surface area contributed by atoms with Crippen molar-refractivity contribution >= 4 is 5.95 Å². The molecule has 0 amide bonds. The monoisotopic (exact) mass is 319 g/mol. The van der Waals surface area contributed by atoms with Crippen LogP contribution in [0, 0.1) is 0 Å². The fourth-order valence-corrected chi connectivity index (χ4v) is 2.46. The van der Waals surface area contributed by atoms with E-state index >= 15 is 0 Å². The summed E-state index contributed by atoms with van der Waals surface area (Å²) in [5.74, 6) is 1.55. The fourth-order valence-electron chi connectivity index (χ4n) is 2.46. The van der Waals surface area contributed by atoms with Gasteiger partial charge < -0.3 is 10.1 Å². The normalized spacial score (nSPS) is 10.4. The topological polar surface area (TPSA) is 47.0 Å². The van der Waals surface area contributed by atoms with Crippen LogP contribution in [0.25, 0.3) is 0 Å². The van der Waals surface area contributed by atoms with E-state index in [1.165, 1.54) is 11.1 Å². The van der Waals surface area contributed by atoms with Gasteiger partial charge in [-0.15, -0.1) is 0 Å². The largest absolute Gasteiger partial charge is 0.497 e. The Balaban J connectivity index is 1.56. The van der Waals surface area contributed by atoms with E-state index in [-0.39, 0.29) is 0 Å². The molecule has 0 spiro atoms. The maximum Gasteiger partial charge on any atom is 0.223 e. The highest BCUT2D eigenvalue weighted by Gasteiger charge is 2.01. The van der Waals surface area contributed by atoms with Crippen molar-refractivity contribution in [3.8, 4) is 5.75 Å². The predicted octanol–water partition coefficient (Wildman–Crippen LogP) is 3.88. The molecule has 2 aromatic carbocycles. The zero-order valence-corrected chi connectivity index (χ0v) is 13.8. The molecule has 0 radical (unpaired) electrons. The third-order valence-corrected chi connectivity index (χ3v) is 3.84. The van der Waals surface area contributed by atoms with Gasteiger partial charge in [0, 0.05) is 18.4 Å². The van der Waals surface area contributed by atoms with Crippen LogP contribution in [0.2, 0.25) is 0 Å². The molecule has 122 valence electrons. The minimum absolute atomic E-state index is 0.672. The molecule has 1 heterocycles. The van der Waals surface area contributed by atoms with Crippen molar-refractivity contribution in [3.05, 3.63) is 83.7 Å². The van der Waals surface area contributed by atoms with E-state index in [0.29, 0.717) is 5.95 Å². The van der Waals surface area contributed by atoms with Crippen LogP contribution in [0.4, 0.5) is 5.95 Å². The minimum Gasteiger partial charge on any atom is -0.497 e. The predicted molar refractivity (Wildman–Crippen MR) is 96.2 cm³/mol. The second-order valence-corrected chi connectivity index (χ2v) is 5.56. The van der Waals surface area contributed by atoms with Crippen LogP contribution in [0.15, 0.2) is 66.9 Å². The van der Waals surface area contributed by atoms with Crippen molar-refractivity contribution in [2.45, 2.75) is 19.4 Å². The Morgan fingerprint density at radius 3 is 2.42 bits per heavy atom. The summed E-state index contributed by atoms with van der Waals surface area (Å²) < 4.78 is 5.18. The number of aromatic nitrogens is 2. The summed E-state index contributed by atoms with van der Waals surface area (Å²) in [5.41, 5.74) is 3.52. The number of hydrogen-bond donors (Lipinski definition) is 1. The Labute approximate surface area is 142 Å². The molecule has 0 saturated heterocycles. The molecule has 0 atom stereocenters. The number of methoxy groups -OCH3 is 1. The van der Waals surface area contributed by atoms with Gasteiger partial charge in [0.25, 0.3) is 0 Å². The first-order valence-corrected chi connectivity index (χ1v) is 8.06. The molecule has 4 nitrogen and oxygen atoms in total. The van der Waals surface area contributed by atoms with Crippen LogP contribution < -0.4 is 10.1 Å². The molecule has 24 heavy (non-hydrogen) atoms. The molecule has 1 aromatic heterocycles. The molecule has 0 aliphatic heterocycles. The number of nitrogens with one attached hydrogen (secondary N) is 1. The molecular formula is C20H21N3O. The first-order valence-electron chi connectivity index (χ1n) is 8.06. The molecule has 3 rings (SSSR count). The summed E-state index contributed by atoms with van der Waals surface area (Å²) in [6.07, 6.45) is 3.64. The summed E-state index contributed by atoms with van der Waals surface area (Å²) in [7, 11) is 1.68. The number of rotatable bonds is 7. The van der Waals surface area contributed by atoms with Crippen molar-refractivity contribution in [2.24, 2.45) is 0 Å².